The van der Waals surface area contributed by atoms with E-state index in [1.807, 2.05) is 18.4 Å². The molecule has 3 heteroatoms. The van der Waals surface area contributed by atoms with E-state index in [4.69, 9.17) is 4.74 Å². The maximum atomic E-state index is 5.39. The number of rotatable bonds is 5. The average Bonchev–Trinajstić information content (AvgIpc) is 2.99. The van der Waals surface area contributed by atoms with Gasteiger partial charge >= 0.3 is 0 Å². The third kappa shape index (κ3) is 3.73. The van der Waals surface area contributed by atoms with Gasteiger partial charge in [-0.3, -0.25) is 4.90 Å². The van der Waals surface area contributed by atoms with E-state index in [9.17, 15) is 0 Å². The van der Waals surface area contributed by atoms with Gasteiger partial charge in [-0.1, -0.05) is 36.8 Å². The molecule has 0 radical (unpaired) electrons. The van der Waals surface area contributed by atoms with Crippen LogP contribution in [0.25, 0.3) is 10.4 Å². The lowest BCUT2D eigenvalue weighted by Gasteiger charge is -2.34. The van der Waals surface area contributed by atoms with Crippen LogP contribution < -0.4 is 0 Å². The summed E-state index contributed by atoms with van der Waals surface area (Å²) in [6.45, 7) is 3.12. The molecule has 2 heterocycles. The number of nitrogens with zero attached hydrogens (tertiary/aromatic N) is 1. The van der Waals surface area contributed by atoms with Crippen LogP contribution in [0.5, 0.6) is 0 Å². The molecular formula is C18H23NOS. The van der Waals surface area contributed by atoms with Crippen molar-refractivity contribution in [2.75, 3.05) is 20.3 Å². The van der Waals surface area contributed by atoms with Crippen LogP contribution in [0, 0.1) is 0 Å². The van der Waals surface area contributed by atoms with E-state index in [1.54, 1.807) is 0 Å². The highest BCUT2D eigenvalue weighted by Gasteiger charge is 2.22. The number of hydrogen-bond acceptors (Lipinski definition) is 3. The van der Waals surface area contributed by atoms with Gasteiger partial charge in [0, 0.05) is 29.5 Å². The molecule has 0 aliphatic carbocycles. The molecule has 1 aromatic carbocycles. The van der Waals surface area contributed by atoms with E-state index in [1.165, 1.54) is 41.1 Å². The summed E-state index contributed by atoms with van der Waals surface area (Å²) in [6, 6.07) is 15.8. The highest BCUT2D eigenvalue weighted by Crippen LogP contribution is 2.30. The van der Waals surface area contributed by atoms with E-state index in [2.05, 4.69) is 47.4 Å². The van der Waals surface area contributed by atoms with Crippen molar-refractivity contribution in [3.8, 4) is 10.4 Å². The van der Waals surface area contributed by atoms with Gasteiger partial charge in [0.2, 0.25) is 0 Å². The molecule has 1 fully saturated rings. The zero-order valence-corrected chi connectivity index (χ0v) is 13.4. The largest absolute Gasteiger partial charge is 0.383 e. The van der Waals surface area contributed by atoms with Crippen LogP contribution in [0.3, 0.4) is 0 Å². The van der Waals surface area contributed by atoms with Crippen molar-refractivity contribution < 1.29 is 4.74 Å². The highest BCUT2D eigenvalue weighted by atomic mass is 32.1. The Hall–Kier alpha value is -1.16. The average molecular weight is 301 g/mol. The second-order valence-electron chi connectivity index (χ2n) is 5.71. The molecule has 0 unspecified atom stereocenters. The van der Waals surface area contributed by atoms with Gasteiger partial charge in [-0.2, -0.15) is 0 Å². The molecule has 1 aliphatic heterocycles. The van der Waals surface area contributed by atoms with Crippen LogP contribution in [0.1, 0.15) is 24.1 Å². The molecule has 1 atom stereocenters. The summed E-state index contributed by atoms with van der Waals surface area (Å²) in [5.74, 6) is 0. The van der Waals surface area contributed by atoms with E-state index >= 15 is 0 Å². The number of hydrogen-bond donors (Lipinski definition) is 0. The van der Waals surface area contributed by atoms with Gasteiger partial charge in [0.25, 0.3) is 0 Å². The first-order valence-corrected chi connectivity index (χ1v) is 8.55. The third-order valence-corrected chi connectivity index (χ3v) is 5.31. The second-order valence-corrected chi connectivity index (χ2v) is 6.88. The number of piperidine rings is 1. The Morgan fingerprint density at radius 1 is 1.14 bits per heavy atom. The van der Waals surface area contributed by atoms with Gasteiger partial charge in [0.15, 0.2) is 0 Å². The molecule has 21 heavy (non-hydrogen) atoms. The number of methoxy groups -OCH3 is 1. The monoisotopic (exact) mass is 301 g/mol. The van der Waals surface area contributed by atoms with Gasteiger partial charge in [-0.15, -0.1) is 11.3 Å². The van der Waals surface area contributed by atoms with Crippen molar-refractivity contribution in [2.24, 2.45) is 0 Å². The summed E-state index contributed by atoms with van der Waals surface area (Å²) in [7, 11) is 1.81. The highest BCUT2D eigenvalue weighted by molar-refractivity contribution is 7.15. The predicted octanol–water partition coefficient (Wildman–Crippen LogP) is 4.42. The molecule has 3 rings (SSSR count). The van der Waals surface area contributed by atoms with Crippen molar-refractivity contribution in [2.45, 2.75) is 31.8 Å². The molecule has 0 amide bonds. The van der Waals surface area contributed by atoms with Crippen molar-refractivity contribution in [3.63, 3.8) is 0 Å². The molecule has 0 N–H and O–H groups in total. The molecular weight excluding hydrogens is 278 g/mol. The van der Waals surface area contributed by atoms with Crippen LogP contribution in [0.4, 0.5) is 0 Å². The molecule has 2 nitrogen and oxygen atoms in total. The lowest BCUT2D eigenvalue weighted by molar-refractivity contribution is 0.0607. The maximum absolute atomic E-state index is 5.39. The third-order valence-electron chi connectivity index (χ3n) is 4.19. The summed E-state index contributed by atoms with van der Waals surface area (Å²) >= 11 is 1.92. The van der Waals surface area contributed by atoms with Crippen molar-refractivity contribution >= 4 is 11.3 Å². The lowest BCUT2D eigenvalue weighted by Crippen LogP contribution is -2.41. The van der Waals surface area contributed by atoms with E-state index in [0.29, 0.717) is 6.04 Å². The molecule has 1 aliphatic rings. The fourth-order valence-corrected chi connectivity index (χ4v) is 4.11. The first kappa shape index (κ1) is 14.8. The standard InChI is InChI=1S/C18H23NOS/c1-20-14-16-9-5-6-12-19(16)13-17-10-11-18(21-17)15-7-3-2-4-8-15/h2-4,7-8,10-11,16H,5-6,9,12-14H2,1H3/t16-/m0/s1. The first-order valence-electron chi connectivity index (χ1n) is 7.74. The Balaban J connectivity index is 1.69. The summed E-state index contributed by atoms with van der Waals surface area (Å²) in [6.07, 6.45) is 3.92. The Morgan fingerprint density at radius 3 is 2.81 bits per heavy atom. The van der Waals surface area contributed by atoms with Gasteiger partial charge in [0.1, 0.15) is 0 Å². The minimum atomic E-state index is 0.589. The van der Waals surface area contributed by atoms with Gasteiger partial charge < -0.3 is 4.74 Å². The molecule has 0 bridgehead atoms. The number of ether oxygens (including phenoxy) is 1. The fourth-order valence-electron chi connectivity index (χ4n) is 3.07. The molecule has 2 aromatic rings. The fraction of sp³-hybridized carbons (Fsp3) is 0.444. The van der Waals surface area contributed by atoms with Crippen LogP contribution in [-0.4, -0.2) is 31.2 Å². The van der Waals surface area contributed by atoms with Crippen molar-refractivity contribution in [1.29, 1.82) is 0 Å². The smallest absolute Gasteiger partial charge is 0.0618 e. The minimum Gasteiger partial charge on any atom is -0.383 e. The number of likely N-dealkylation sites (tertiary alicyclic amines) is 1. The van der Waals surface area contributed by atoms with Crippen molar-refractivity contribution in [1.82, 2.24) is 4.90 Å². The van der Waals surface area contributed by atoms with E-state index in [-0.39, 0.29) is 0 Å². The molecule has 112 valence electrons. The topological polar surface area (TPSA) is 12.5 Å². The van der Waals surface area contributed by atoms with Crippen LogP contribution >= 0.6 is 11.3 Å². The Bertz CT molecular complexity index is 549. The molecule has 1 saturated heterocycles. The molecule has 0 spiro atoms. The molecule has 1 aromatic heterocycles. The Kier molecular flexibility index (Phi) is 5.07. The van der Waals surface area contributed by atoms with Crippen LogP contribution in [-0.2, 0) is 11.3 Å². The van der Waals surface area contributed by atoms with Gasteiger partial charge in [-0.05, 0) is 37.1 Å². The number of benzene rings is 1. The zero-order valence-electron chi connectivity index (χ0n) is 12.6. The van der Waals surface area contributed by atoms with Crippen LogP contribution in [0.15, 0.2) is 42.5 Å². The Morgan fingerprint density at radius 2 is 2.00 bits per heavy atom. The van der Waals surface area contributed by atoms with Crippen molar-refractivity contribution in [3.05, 3.63) is 47.3 Å². The minimum absolute atomic E-state index is 0.589. The normalized spacial score (nSPS) is 19.8. The van der Waals surface area contributed by atoms with E-state index in [0.717, 1.165) is 13.2 Å². The second kappa shape index (κ2) is 7.21. The van der Waals surface area contributed by atoms with Crippen LogP contribution in [0.2, 0.25) is 0 Å². The maximum Gasteiger partial charge on any atom is 0.0618 e. The van der Waals surface area contributed by atoms with Gasteiger partial charge in [-0.25, -0.2) is 0 Å². The SMILES string of the molecule is COC[C@@H]1CCCCN1Cc1ccc(-c2ccccc2)s1. The summed E-state index contributed by atoms with van der Waals surface area (Å²) in [5.41, 5.74) is 1.32. The summed E-state index contributed by atoms with van der Waals surface area (Å²) < 4.78 is 5.39. The van der Waals surface area contributed by atoms with E-state index < -0.39 is 0 Å². The van der Waals surface area contributed by atoms with Gasteiger partial charge in [0.05, 0.1) is 6.61 Å². The number of thiophene rings is 1. The molecule has 0 saturated carbocycles. The Labute approximate surface area is 131 Å². The summed E-state index contributed by atoms with van der Waals surface area (Å²) in [4.78, 5) is 5.41. The predicted molar refractivity (Wildman–Crippen MR) is 89.7 cm³/mol. The summed E-state index contributed by atoms with van der Waals surface area (Å²) in [5, 5.41) is 0. The first-order chi connectivity index (χ1) is 10.4. The lowest BCUT2D eigenvalue weighted by atomic mass is 10.0. The quantitative estimate of drug-likeness (QED) is 0.811. The zero-order chi connectivity index (χ0) is 14.5.